The van der Waals surface area contributed by atoms with Crippen LogP contribution in [-0.4, -0.2) is 67.6 Å². The summed E-state index contributed by atoms with van der Waals surface area (Å²) in [4.78, 5) is 34.1. The van der Waals surface area contributed by atoms with E-state index < -0.39 is 11.7 Å². The molecule has 1 unspecified atom stereocenters. The maximum Gasteiger partial charge on any atom is 0.256 e. The van der Waals surface area contributed by atoms with E-state index in [-0.39, 0.29) is 23.3 Å². The molecule has 8 heteroatoms. The number of ether oxygens (including phenoxy) is 1. The third-order valence-corrected chi connectivity index (χ3v) is 6.91. The van der Waals surface area contributed by atoms with E-state index in [1.807, 2.05) is 27.7 Å². The van der Waals surface area contributed by atoms with E-state index in [4.69, 9.17) is 9.72 Å². The highest BCUT2D eigenvalue weighted by Crippen LogP contribution is 2.31. The number of nitrogens with one attached hydrogen (secondary N) is 1. The predicted molar refractivity (Wildman–Crippen MR) is 129 cm³/mol. The van der Waals surface area contributed by atoms with Crippen molar-refractivity contribution in [2.24, 2.45) is 5.92 Å². The Hall–Kier alpha value is -3.00. The minimum absolute atomic E-state index is 0.0393. The molecular formula is C26H33FN4O3. The molecule has 1 N–H and O–H groups in total. The van der Waals surface area contributed by atoms with Gasteiger partial charge >= 0.3 is 0 Å². The third-order valence-electron chi connectivity index (χ3n) is 6.91. The summed E-state index contributed by atoms with van der Waals surface area (Å²) in [7, 11) is 0. The van der Waals surface area contributed by atoms with Crippen molar-refractivity contribution in [2.45, 2.75) is 33.6 Å². The Morgan fingerprint density at radius 2 is 1.88 bits per heavy atom. The Bertz CT molecular complexity index is 1080. The van der Waals surface area contributed by atoms with Crippen LogP contribution in [0.15, 0.2) is 24.3 Å². The Morgan fingerprint density at radius 1 is 1.15 bits per heavy atom. The van der Waals surface area contributed by atoms with Crippen molar-refractivity contribution in [3.05, 3.63) is 58.0 Å². The van der Waals surface area contributed by atoms with Crippen LogP contribution in [0.4, 0.5) is 10.2 Å². The van der Waals surface area contributed by atoms with Gasteiger partial charge in [0.25, 0.3) is 5.91 Å². The van der Waals surface area contributed by atoms with Crippen molar-refractivity contribution in [2.75, 3.05) is 50.8 Å². The molecule has 0 saturated carbocycles. The number of hydrogen-bond donors (Lipinski definition) is 1. The first-order valence-electron chi connectivity index (χ1n) is 11.9. The van der Waals surface area contributed by atoms with Crippen molar-refractivity contribution < 1.29 is 18.7 Å². The Labute approximate surface area is 200 Å². The quantitative estimate of drug-likeness (QED) is 0.706. The zero-order valence-electron chi connectivity index (χ0n) is 20.4. The first-order valence-corrected chi connectivity index (χ1v) is 11.9. The second-order valence-corrected chi connectivity index (χ2v) is 9.19. The third kappa shape index (κ3) is 4.78. The van der Waals surface area contributed by atoms with Gasteiger partial charge in [-0.3, -0.25) is 9.59 Å². The number of carbonyl (C=O) groups is 2. The predicted octanol–water partition coefficient (Wildman–Crippen LogP) is 2.97. The number of pyridine rings is 1. The number of carbonyl (C=O) groups excluding carboxylic acids is 2. The number of anilines is 1. The summed E-state index contributed by atoms with van der Waals surface area (Å²) in [5.74, 6) is -0.621. The van der Waals surface area contributed by atoms with Crippen LogP contribution >= 0.6 is 0 Å². The smallest absolute Gasteiger partial charge is 0.256 e. The zero-order chi connectivity index (χ0) is 24.4. The van der Waals surface area contributed by atoms with E-state index in [1.54, 1.807) is 11.0 Å². The first kappa shape index (κ1) is 24.1. The van der Waals surface area contributed by atoms with Crippen LogP contribution in [0.2, 0.25) is 0 Å². The molecule has 182 valence electrons. The topological polar surface area (TPSA) is 74.8 Å². The SMILES string of the molecule is CCOCC1CNC(=O)[C@H]1c1ccc(C(=O)N2CCN(c3nc(C)c(C)cc3C)CC2)c(F)c1. The van der Waals surface area contributed by atoms with Crippen LogP contribution in [0, 0.1) is 32.5 Å². The van der Waals surface area contributed by atoms with Gasteiger partial charge in [-0.05, 0) is 56.5 Å². The number of amides is 2. The van der Waals surface area contributed by atoms with Crippen molar-refractivity contribution >= 4 is 17.6 Å². The fourth-order valence-corrected chi connectivity index (χ4v) is 4.86. The molecule has 2 saturated heterocycles. The number of aromatic nitrogens is 1. The number of hydrogen-bond acceptors (Lipinski definition) is 5. The summed E-state index contributed by atoms with van der Waals surface area (Å²) in [5.41, 5.74) is 3.89. The van der Waals surface area contributed by atoms with Crippen LogP contribution in [0.3, 0.4) is 0 Å². The minimum atomic E-state index is -0.591. The second-order valence-electron chi connectivity index (χ2n) is 9.19. The molecule has 7 nitrogen and oxygen atoms in total. The molecule has 4 rings (SSSR count). The van der Waals surface area contributed by atoms with Gasteiger partial charge in [-0.2, -0.15) is 0 Å². The maximum absolute atomic E-state index is 15.1. The molecule has 0 bridgehead atoms. The van der Waals surface area contributed by atoms with Gasteiger partial charge in [0.1, 0.15) is 11.6 Å². The highest BCUT2D eigenvalue weighted by molar-refractivity contribution is 5.95. The van der Waals surface area contributed by atoms with Gasteiger partial charge in [0, 0.05) is 50.9 Å². The summed E-state index contributed by atoms with van der Waals surface area (Å²) < 4.78 is 20.6. The summed E-state index contributed by atoms with van der Waals surface area (Å²) >= 11 is 0. The number of aryl methyl sites for hydroxylation is 3. The number of piperazine rings is 1. The molecule has 3 heterocycles. The lowest BCUT2D eigenvalue weighted by Crippen LogP contribution is -2.49. The molecule has 2 atom stereocenters. The zero-order valence-corrected chi connectivity index (χ0v) is 20.4. The number of nitrogens with zero attached hydrogens (tertiary/aromatic N) is 3. The fraction of sp³-hybridized carbons (Fsp3) is 0.500. The standard InChI is InChI=1S/C26H33FN4O3/c1-5-34-15-20-14-28-25(32)23(20)19-6-7-21(22(27)13-19)26(33)31-10-8-30(9-11-31)24-17(3)12-16(2)18(4)29-24/h6-7,12-13,20,23H,5,8-11,14-15H2,1-4H3,(H,28,32)/t20?,23-/m0/s1. The van der Waals surface area contributed by atoms with Crippen LogP contribution in [0.1, 0.15) is 45.6 Å². The highest BCUT2D eigenvalue weighted by Gasteiger charge is 2.36. The van der Waals surface area contributed by atoms with Gasteiger partial charge in [0.2, 0.25) is 5.91 Å². The molecule has 34 heavy (non-hydrogen) atoms. The molecule has 1 aromatic heterocycles. The first-order chi connectivity index (χ1) is 16.3. The van der Waals surface area contributed by atoms with E-state index in [9.17, 15) is 9.59 Å². The normalized spacial score (nSPS) is 20.6. The Kier molecular flexibility index (Phi) is 7.16. The van der Waals surface area contributed by atoms with Crippen LogP contribution < -0.4 is 10.2 Å². The van der Waals surface area contributed by atoms with E-state index in [2.05, 4.69) is 16.3 Å². The monoisotopic (exact) mass is 468 g/mol. The summed E-state index contributed by atoms with van der Waals surface area (Å²) in [6.45, 7) is 11.8. The number of rotatable bonds is 6. The molecule has 2 fully saturated rings. The summed E-state index contributed by atoms with van der Waals surface area (Å²) in [6.07, 6.45) is 0. The molecule has 2 aromatic rings. The van der Waals surface area contributed by atoms with Crippen LogP contribution in [0.25, 0.3) is 0 Å². The summed E-state index contributed by atoms with van der Waals surface area (Å²) in [6, 6.07) is 6.68. The lowest BCUT2D eigenvalue weighted by molar-refractivity contribution is -0.120. The second kappa shape index (κ2) is 10.1. The van der Waals surface area contributed by atoms with Gasteiger partial charge in [0.15, 0.2) is 0 Å². The Morgan fingerprint density at radius 3 is 2.56 bits per heavy atom. The average molecular weight is 469 g/mol. The largest absolute Gasteiger partial charge is 0.381 e. The molecule has 2 aliphatic heterocycles. The average Bonchev–Trinajstić information content (AvgIpc) is 3.19. The highest BCUT2D eigenvalue weighted by atomic mass is 19.1. The fourth-order valence-electron chi connectivity index (χ4n) is 4.86. The lowest BCUT2D eigenvalue weighted by Gasteiger charge is -2.36. The van der Waals surface area contributed by atoms with E-state index in [0.717, 1.165) is 22.6 Å². The van der Waals surface area contributed by atoms with Gasteiger partial charge in [0.05, 0.1) is 18.1 Å². The summed E-state index contributed by atoms with van der Waals surface area (Å²) in [5, 5.41) is 2.84. The molecule has 2 aliphatic rings. The van der Waals surface area contributed by atoms with Gasteiger partial charge in [-0.25, -0.2) is 9.37 Å². The van der Waals surface area contributed by atoms with Gasteiger partial charge in [-0.15, -0.1) is 0 Å². The molecule has 1 aromatic carbocycles. The lowest BCUT2D eigenvalue weighted by atomic mass is 9.88. The molecule has 0 spiro atoms. The van der Waals surface area contributed by atoms with E-state index in [1.165, 1.54) is 12.1 Å². The van der Waals surface area contributed by atoms with Crippen molar-refractivity contribution in [1.82, 2.24) is 15.2 Å². The van der Waals surface area contributed by atoms with Crippen molar-refractivity contribution in [3.8, 4) is 0 Å². The number of benzene rings is 1. The van der Waals surface area contributed by atoms with E-state index in [0.29, 0.717) is 51.5 Å². The maximum atomic E-state index is 15.1. The van der Waals surface area contributed by atoms with Crippen LogP contribution in [-0.2, 0) is 9.53 Å². The Balaban J connectivity index is 1.44. The van der Waals surface area contributed by atoms with Crippen molar-refractivity contribution in [1.29, 1.82) is 0 Å². The van der Waals surface area contributed by atoms with E-state index >= 15 is 4.39 Å². The molecule has 2 amide bonds. The number of halogens is 1. The van der Waals surface area contributed by atoms with Crippen LogP contribution in [0.5, 0.6) is 0 Å². The van der Waals surface area contributed by atoms with Gasteiger partial charge < -0.3 is 19.9 Å². The molecule has 0 radical (unpaired) electrons. The molecular weight excluding hydrogens is 435 g/mol. The van der Waals surface area contributed by atoms with Gasteiger partial charge in [-0.1, -0.05) is 12.1 Å². The minimum Gasteiger partial charge on any atom is -0.381 e. The molecule has 0 aliphatic carbocycles. The van der Waals surface area contributed by atoms with Crippen molar-refractivity contribution in [3.63, 3.8) is 0 Å².